The van der Waals surface area contributed by atoms with Crippen LogP contribution in [-0.4, -0.2) is 34.8 Å². The minimum absolute atomic E-state index is 0.00541. The number of unbranched alkanes of at least 4 members (excludes halogenated alkanes) is 7. The number of ether oxygens (including phenoxy) is 2. The first-order valence-electron chi connectivity index (χ1n) is 16.5. The first-order valence-corrected chi connectivity index (χ1v) is 16.5. The fourth-order valence-corrected chi connectivity index (χ4v) is 4.99. The number of hydrogen-bond donors (Lipinski definition) is 1. The highest BCUT2D eigenvalue weighted by atomic mass is 16.5. The number of azo groups is 1. The molecule has 1 heterocycles. The number of carbonyl (C=O) groups excluding carboxylic acids is 2. The molecule has 10 heteroatoms. The van der Waals surface area contributed by atoms with Crippen molar-refractivity contribution < 1.29 is 24.2 Å². The van der Waals surface area contributed by atoms with Crippen molar-refractivity contribution in [3.05, 3.63) is 50.8 Å². The molecule has 0 aliphatic heterocycles. The number of aromatic nitrogens is 1. The monoisotopic (exact) mass is 622 g/mol. The fraction of sp³-hybridized carbons (Fsp3) is 0.600. The van der Waals surface area contributed by atoms with Crippen LogP contribution in [0.5, 0.6) is 5.88 Å². The maximum Gasteiger partial charge on any atom is 0.339 e. The summed E-state index contributed by atoms with van der Waals surface area (Å²) in [6.45, 7) is 10.6. The van der Waals surface area contributed by atoms with Crippen LogP contribution in [0.4, 0.5) is 11.4 Å². The molecule has 1 aromatic carbocycles. The molecule has 0 saturated heterocycles. The summed E-state index contributed by atoms with van der Waals surface area (Å²) >= 11 is 0. The quantitative estimate of drug-likeness (QED) is 0.0882. The molecule has 1 N–H and O–H groups in total. The molecule has 10 nitrogen and oxygen atoms in total. The van der Waals surface area contributed by atoms with Crippen molar-refractivity contribution in [3.8, 4) is 11.9 Å². The molecule has 0 spiro atoms. The summed E-state index contributed by atoms with van der Waals surface area (Å²) in [5.74, 6) is -1.52. The summed E-state index contributed by atoms with van der Waals surface area (Å²) in [5.41, 5.74) is -0.189. The van der Waals surface area contributed by atoms with Crippen LogP contribution in [0.25, 0.3) is 0 Å². The third-order valence-electron chi connectivity index (χ3n) is 7.92. The van der Waals surface area contributed by atoms with Crippen molar-refractivity contribution in [2.24, 2.45) is 16.1 Å². The van der Waals surface area contributed by atoms with E-state index in [9.17, 15) is 24.8 Å². The standard InChI is InChI=1S/C35H50N4O6/c1-6-10-13-15-20-44-34(42)28-19-18-27(22-29(28)35(43)45-21-16-14-11-7-2)37-38-31-25(5)30(23-36)32(40)39(33(31)41)24-26(9-4)17-12-8-3/h18-19,22,26,41H,6-17,20-21,24H2,1-5H3/b38-37+. The summed E-state index contributed by atoms with van der Waals surface area (Å²) in [6, 6.07) is 6.31. The van der Waals surface area contributed by atoms with Crippen LogP contribution in [0.3, 0.4) is 0 Å². The third kappa shape index (κ3) is 11.1. The second-order valence-electron chi connectivity index (χ2n) is 11.4. The Morgan fingerprint density at radius 1 is 0.889 bits per heavy atom. The summed E-state index contributed by atoms with van der Waals surface area (Å²) < 4.78 is 12.1. The Kier molecular flexibility index (Phi) is 16.6. The molecule has 0 aliphatic carbocycles. The predicted octanol–water partition coefficient (Wildman–Crippen LogP) is 8.84. The van der Waals surface area contributed by atoms with Crippen LogP contribution in [0.2, 0.25) is 0 Å². The van der Waals surface area contributed by atoms with Crippen molar-refractivity contribution in [2.45, 2.75) is 118 Å². The summed E-state index contributed by atoms with van der Waals surface area (Å²) in [5, 5.41) is 29.3. The van der Waals surface area contributed by atoms with E-state index in [-0.39, 0.29) is 65.2 Å². The topological polar surface area (TPSA) is 143 Å². The largest absolute Gasteiger partial charge is 0.493 e. The van der Waals surface area contributed by atoms with Gasteiger partial charge in [-0.25, -0.2) is 9.59 Å². The van der Waals surface area contributed by atoms with Gasteiger partial charge in [0.2, 0.25) is 5.88 Å². The zero-order valence-corrected chi connectivity index (χ0v) is 27.7. The van der Waals surface area contributed by atoms with E-state index in [1.54, 1.807) is 0 Å². The van der Waals surface area contributed by atoms with Gasteiger partial charge in [-0.05, 0) is 50.3 Å². The Morgan fingerprint density at radius 2 is 1.49 bits per heavy atom. The number of aromatic hydroxyl groups is 1. The van der Waals surface area contributed by atoms with Crippen molar-refractivity contribution in [1.29, 1.82) is 5.26 Å². The van der Waals surface area contributed by atoms with Gasteiger partial charge in [0.15, 0.2) is 5.69 Å². The fourth-order valence-electron chi connectivity index (χ4n) is 4.99. The van der Waals surface area contributed by atoms with E-state index in [2.05, 4.69) is 31.0 Å². The number of esters is 2. The lowest BCUT2D eigenvalue weighted by Gasteiger charge is -2.19. The van der Waals surface area contributed by atoms with Crippen molar-refractivity contribution in [1.82, 2.24) is 4.57 Å². The van der Waals surface area contributed by atoms with E-state index in [4.69, 9.17) is 9.47 Å². The van der Waals surface area contributed by atoms with E-state index < -0.39 is 17.5 Å². The van der Waals surface area contributed by atoms with Gasteiger partial charge in [0.1, 0.15) is 11.6 Å². The van der Waals surface area contributed by atoms with E-state index in [0.29, 0.717) is 6.42 Å². The lowest BCUT2D eigenvalue weighted by Crippen LogP contribution is -2.27. The maximum atomic E-state index is 13.1. The molecular formula is C35H50N4O6. The highest BCUT2D eigenvalue weighted by Crippen LogP contribution is 2.33. The summed E-state index contributed by atoms with van der Waals surface area (Å²) in [4.78, 5) is 39.1. The smallest absolute Gasteiger partial charge is 0.339 e. The van der Waals surface area contributed by atoms with E-state index in [1.807, 2.05) is 13.0 Å². The zero-order chi connectivity index (χ0) is 33.2. The average molecular weight is 623 g/mol. The maximum absolute atomic E-state index is 13.1. The first-order chi connectivity index (χ1) is 21.7. The predicted molar refractivity (Wildman–Crippen MR) is 175 cm³/mol. The van der Waals surface area contributed by atoms with E-state index in [1.165, 1.54) is 29.7 Å². The molecule has 0 amide bonds. The molecule has 0 bridgehead atoms. The molecule has 2 rings (SSSR count). The van der Waals surface area contributed by atoms with Gasteiger partial charge in [-0.2, -0.15) is 10.4 Å². The highest BCUT2D eigenvalue weighted by molar-refractivity contribution is 6.03. The van der Waals surface area contributed by atoms with Gasteiger partial charge in [-0.15, -0.1) is 5.11 Å². The van der Waals surface area contributed by atoms with Crippen LogP contribution >= 0.6 is 0 Å². The molecule has 1 atom stereocenters. The van der Waals surface area contributed by atoms with Crippen LogP contribution in [0.1, 0.15) is 137 Å². The zero-order valence-electron chi connectivity index (χ0n) is 27.7. The minimum atomic E-state index is -0.668. The highest BCUT2D eigenvalue weighted by Gasteiger charge is 2.23. The summed E-state index contributed by atoms with van der Waals surface area (Å²) in [6.07, 6.45) is 11.2. The number of nitriles is 1. The van der Waals surface area contributed by atoms with Gasteiger partial charge in [-0.3, -0.25) is 9.36 Å². The van der Waals surface area contributed by atoms with Crippen molar-refractivity contribution in [3.63, 3.8) is 0 Å². The van der Waals surface area contributed by atoms with Gasteiger partial charge in [-0.1, -0.05) is 85.5 Å². The second kappa shape index (κ2) is 20.1. The molecule has 0 aliphatic rings. The van der Waals surface area contributed by atoms with Crippen LogP contribution < -0.4 is 5.56 Å². The lowest BCUT2D eigenvalue weighted by atomic mass is 9.99. The normalized spacial score (nSPS) is 11.8. The van der Waals surface area contributed by atoms with Crippen molar-refractivity contribution in [2.75, 3.05) is 13.2 Å². The Labute approximate surface area is 267 Å². The number of carbonyl (C=O) groups is 2. The van der Waals surface area contributed by atoms with Gasteiger partial charge in [0.25, 0.3) is 5.56 Å². The van der Waals surface area contributed by atoms with E-state index in [0.717, 1.165) is 70.6 Å². The Hall–Kier alpha value is -4.00. The minimum Gasteiger partial charge on any atom is -0.493 e. The van der Waals surface area contributed by atoms with Gasteiger partial charge >= 0.3 is 11.9 Å². The van der Waals surface area contributed by atoms with Crippen LogP contribution in [0, 0.1) is 24.2 Å². The number of nitrogens with zero attached hydrogens (tertiary/aromatic N) is 4. The molecule has 2 aromatic rings. The van der Waals surface area contributed by atoms with Crippen molar-refractivity contribution >= 4 is 23.3 Å². The molecular weight excluding hydrogens is 572 g/mol. The lowest BCUT2D eigenvalue weighted by molar-refractivity contribution is 0.0450. The van der Waals surface area contributed by atoms with Gasteiger partial charge < -0.3 is 14.6 Å². The number of benzene rings is 1. The summed E-state index contributed by atoms with van der Waals surface area (Å²) in [7, 11) is 0. The van der Waals surface area contributed by atoms with Gasteiger partial charge in [0, 0.05) is 12.1 Å². The average Bonchev–Trinajstić information content (AvgIpc) is 3.04. The Bertz CT molecular complexity index is 1390. The number of pyridine rings is 1. The third-order valence-corrected chi connectivity index (χ3v) is 7.92. The molecule has 1 aromatic heterocycles. The number of hydrogen-bond acceptors (Lipinski definition) is 9. The molecule has 45 heavy (non-hydrogen) atoms. The second-order valence-corrected chi connectivity index (χ2v) is 11.4. The molecule has 1 unspecified atom stereocenters. The van der Waals surface area contributed by atoms with Crippen LogP contribution in [-0.2, 0) is 16.0 Å². The van der Waals surface area contributed by atoms with Crippen LogP contribution in [0.15, 0.2) is 33.2 Å². The van der Waals surface area contributed by atoms with Gasteiger partial charge in [0.05, 0.1) is 30.0 Å². The molecule has 0 fully saturated rings. The SMILES string of the molecule is CCCCCCOC(=O)c1ccc(/N=N/c2c(C)c(C#N)c(=O)n(CC(CC)CCCC)c2O)cc1C(=O)OCCCCCC. The molecule has 0 radical (unpaired) electrons. The number of rotatable bonds is 20. The Balaban J connectivity index is 2.45. The first kappa shape index (κ1) is 37.2. The van der Waals surface area contributed by atoms with E-state index >= 15 is 0 Å². The Morgan fingerprint density at radius 3 is 2.04 bits per heavy atom. The molecule has 246 valence electrons. The molecule has 0 saturated carbocycles.